The quantitative estimate of drug-likeness (QED) is 0.114. The van der Waals surface area contributed by atoms with E-state index in [1.54, 1.807) is 0 Å². The zero-order chi connectivity index (χ0) is 130. The third kappa shape index (κ3) is 17.0. The Bertz CT molecular complexity index is 9560. The summed E-state index contributed by atoms with van der Waals surface area (Å²) in [5.41, 5.74) is 34.3. The topological polar surface area (TPSA) is 39.4 Å². The van der Waals surface area contributed by atoms with Crippen LogP contribution in [0.15, 0.2) is 535 Å². The number of rotatable bonds is 12. The number of benzene rings is 25. The molecule has 3 heterocycles. The molecule has 0 saturated heterocycles. The van der Waals surface area contributed by atoms with Gasteiger partial charge in [0.05, 0.1) is 0 Å². The zero-order valence-corrected chi connectivity index (χ0v) is 81.9. The SMILES string of the molecule is [2H]C.[2H]C.[2H]C.[2H]C.[2H]C.[2H]C.[2H][2H].[2H][2H].[2H][2H].[2H][2H].[2H][2H].[2H][2H].[2H][2H].[2H][2H].[2H][2H].[2H][2H].[2H][2H].[2H][2H].[2H][2H].c1ccc(-c2c3ccccc3c(-c3ccc4c(c3)oc3cc(-c5cccc6ccccc56)ccc34)c3ccccc23)cc1.c1ccc(-c2ccc3c(c2)oc2cc(-c4c5ccccc5c(-c5ccccc5)c5ccccc45)ccc23)cc1.c1ccc(-c2cccc(-c3ccc4c(c3)oc3ccc(-c5c6cc(-c7ccccc7)ccc6c(-c6ccccc6)c6ccc(-c7ccccc7)cc56)cc34)c2)cc1. The lowest BCUT2D eigenvalue weighted by atomic mass is 9.83. The molecule has 3 nitrogen and oxygen atoms in total. The summed E-state index contributed by atoms with van der Waals surface area (Å²) in [6.45, 7) is 0. The summed E-state index contributed by atoms with van der Waals surface area (Å²) in [5.74, 6) is 0. The van der Waals surface area contributed by atoms with Crippen LogP contribution in [0.3, 0.4) is 0 Å². The molecule has 0 atom stereocenters. The monoisotopic (exact) mass is 1920 g/mol. The van der Waals surface area contributed by atoms with E-state index in [1.807, 2.05) is 6.07 Å². The molecule has 0 bridgehead atoms. The second kappa shape index (κ2) is 40.1. The molecule has 0 amide bonds. The highest BCUT2D eigenvalue weighted by Crippen LogP contribution is 2.52. The first-order chi connectivity index (χ1) is 87.9. The van der Waals surface area contributed by atoms with E-state index in [0.29, 0.717) is 0 Å². The van der Waals surface area contributed by atoms with Crippen LogP contribution in [0.5, 0.6) is 0 Å². The van der Waals surface area contributed by atoms with E-state index in [4.69, 9.17) is 60.1 Å². The third-order valence-electron chi connectivity index (χ3n) is 28.2. The maximum atomic E-state index is 6.63. The standard InChI is InChI=1S/C56H36O.C42H26O.C38H24O.6CH4.13H2/c1-5-14-37(15-6-1)41-22-13-23-42(32-41)45-24-28-47-50-35-46(27-31-53(50)57-54(47)36-45)56-51-33-43(38-16-7-2-8-17-38)25-29-48(51)55(40-20-11-4-12-21-40)49-30-26-44(34-52(49)56)39-18-9-3-10-19-39;1-2-12-28(13-3-1)41-35-16-6-8-18-37(35)42(38-19-9-7-17-36(38)41)30-22-24-34-33-23-21-29(25-39(33)43-40(34)26-30)32-20-10-14-27-11-4-5-15-31(27)32;1-3-11-25(12-4-1)27-19-21-29-30-22-20-28(24-36(30)39-35(29)23-27)38-33-17-9-7-15-31(33)37(26-13-5-2-6-14-26)32-16-8-10-18-34(32)38;;;;;;;;;;;;;;;;;;;/h1-36H;1-26H;1-24H;6*1H4;13*1H/i;;;6*1D;13*1+1D. The van der Waals surface area contributed by atoms with Crippen LogP contribution in [0.2, 0.25) is 0 Å². The first-order valence-electron chi connectivity index (χ1n) is 66.7. The number of fused-ring (bicyclic) bond motifs is 16. The van der Waals surface area contributed by atoms with Gasteiger partial charge in [0.25, 0.3) is 0 Å². The predicted octanol–water partition coefficient (Wildman–Crippen LogP) is 45.8. The molecule has 722 valence electrons. The molecule has 145 heavy (non-hydrogen) atoms. The first kappa shape index (κ1) is 73.8. The van der Waals surface area contributed by atoms with E-state index in [1.165, 1.54) is 220 Å². The lowest BCUT2D eigenvalue weighted by Crippen LogP contribution is -1.92. The molecule has 0 spiro atoms. The smallest absolute Gasteiger partial charge is 0.136 e. The normalized spacial score (nSPS) is 12.1. The second-order valence-corrected chi connectivity index (χ2v) is 36.2. The molecule has 3 heteroatoms. The Morgan fingerprint density at radius 1 is 0.124 bits per heavy atom. The zero-order valence-electron chi connectivity index (χ0n) is 114. The lowest BCUT2D eigenvalue weighted by molar-refractivity contribution is 0.669. The van der Waals surface area contributed by atoms with Crippen LogP contribution in [-0.2, 0) is 0 Å². The molecule has 0 N–H and O–H groups in total. The molecular weight excluding hydrogens is 1750 g/mol. The van der Waals surface area contributed by atoms with Gasteiger partial charge in [0.2, 0.25) is 0 Å². The van der Waals surface area contributed by atoms with Crippen molar-refractivity contribution in [3.05, 3.63) is 522 Å². The summed E-state index contributed by atoms with van der Waals surface area (Å²) in [4.78, 5) is 0. The Morgan fingerprint density at radius 3 is 0.690 bits per heavy atom. The van der Waals surface area contributed by atoms with Crippen LogP contribution in [-0.4, -0.2) is 0 Å². The summed E-state index contributed by atoms with van der Waals surface area (Å²) >= 11 is 0. The Balaban J connectivity index is 0.000000316. The van der Waals surface area contributed by atoms with Gasteiger partial charge >= 0.3 is 0 Å². The summed E-state index contributed by atoms with van der Waals surface area (Å²) in [6, 6.07) is 188. The van der Waals surface area contributed by atoms with Crippen LogP contribution in [0.4, 0.5) is 0 Å². The van der Waals surface area contributed by atoms with Gasteiger partial charge in [-0.1, -0.05) is 475 Å². The van der Waals surface area contributed by atoms with E-state index < -0.39 is 0 Å². The van der Waals surface area contributed by atoms with Crippen molar-refractivity contribution in [2.24, 2.45) is 0 Å². The summed E-state index contributed by atoms with van der Waals surface area (Å²) < 4.78 is 184. The average molecular weight is 1920 g/mol. The minimum Gasteiger partial charge on any atom is -0.456 e. The van der Waals surface area contributed by atoms with Gasteiger partial charge in [0.15, 0.2) is 0 Å². The molecule has 0 aliphatic rings. The van der Waals surface area contributed by atoms with Crippen molar-refractivity contribution in [3.63, 3.8) is 0 Å². The van der Waals surface area contributed by atoms with Crippen molar-refractivity contribution >= 4 is 141 Å². The van der Waals surface area contributed by atoms with Crippen LogP contribution < -0.4 is 0 Å². The van der Waals surface area contributed by atoms with Crippen LogP contribution in [0, 0.1) is 0 Å². The van der Waals surface area contributed by atoms with Crippen molar-refractivity contribution < 1.29 is 60.1 Å². The molecule has 28 aromatic rings. The molecule has 25 aromatic carbocycles. The molecule has 0 radical (unpaired) electrons. The predicted molar refractivity (Wildman–Crippen MR) is 657 cm³/mol. The fourth-order valence-corrected chi connectivity index (χ4v) is 21.7. The van der Waals surface area contributed by atoms with E-state index in [0.717, 1.165) is 99.2 Å². The van der Waals surface area contributed by atoms with E-state index in [2.05, 4.69) is 516 Å². The number of hydrogen-bond acceptors (Lipinski definition) is 3. The molecule has 0 aliphatic heterocycles. The van der Waals surface area contributed by atoms with Gasteiger partial charge in [-0.15, -0.1) is 0 Å². The van der Waals surface area contributed by atoms with Crippen LogP contribution in [0.25, 0.3) is 275 Å². The Hall–Kier alpha value is -18.3. The van der Waals surface area contributed by atoms with Gasteiger partial charge in [-0.3, -0.25) is 0 Å². The molecular formula is C142H136O3. The van der Waals surface area contributed by atoms with Crippen molar-refractivity contribution in [2.75, 3.05) is 0 Å². The summed E-state index contributed by atoms with van der Waals surface area (Å²) in [7, 11) is 7.50. The lowest BCUT2D eigenvalue weighted by Gasteiger charge is -2.20. The summed E-state index contributed by atoms with van der Waals surface area (Å²) in [5, 5.41) is 24.2. The van der Waals surface area contributed by atoms with Crippen LogP contribution in [0.1, 0.15) is 91.2 Å². The van der Waals surface area contributed by atoms with Gasteiger partial charge in [0.1, 0.15) is 33.5 Å². The maximum Gasteiger partial charge on any atom is 0.136 e. The number of hydrogen-bond donors (Lipinski definition) is 0. The third-order valence-corrected chi connectivity index (χ3v) is 28.2. The maximum absolute atomic E-state index is 6.63. The summed E-state index contributed by atoms with van der Waals surface area (Å²) in [6.07, 6.45) is 0. The molecule has 0 unspecified atom stereocenters. The van der Waals surface area contributed by atoms with Gasteiger partial charge in [0, 0.05) is 79.1 Å². The van der Waals surface area contributed by atoms with Crippen molar-refractivity contribution in [1.29, 1.82) is 0 Å². The average Bonchev–Trinajstić information content (AvgIpc) is 1.08. The van der Waals surface area contributed by atoms with Gasteiger partial charge in [-0.2, -0.15) is 0 Å². The highest BCUT2D eigenvalue weighted by Gasteiger charge is 2.25. The number of furan rings is 3. The largest absolute Gasteiger partial charge is 0.456 e. The van der Waals surface area contributed by atoms with Gasteiger partial charge < -0.3 is 13.3 Å². The van der Waals surface area contributed by atoms with Crippen LogP contribution >= 0.6 is 0 Å². The molecule has 0 saturated carbocycles. The minimum absolute atomic E-state index is 0.883. The Labute approximate surface area is 896 Å². The molecule has 28 rings (SSSR count). The van der Waals surface area contributed by atoms with E-state index >= 15 is 0 Å². The highest BCUT2D eigenvalue weighted by atomic mass is 16.3. The second-order valence-electron chi connectivity index (χ2n) is 36.2. The fraction of sp³-hybridized carbons (Fsp3) is 0.0423. The minimum atomic E-state index is 0.883. The highest BCUT2D eigenvalue weighted by molar-refractivity contribution is 6.27. The Kier molecular flexibility index (Phi) is 20.4. The first-order valence-corrected chi connectivity index (χ1v) is 47.7. The fourth-order valence-electron chi connectivity index (χ4n) is 21.7. The van der Waals surface area contributed by atoms with Crippen molar-refractivity contribution in [3.8, 4) is 134 Å². The van der Waals surface area contributed by atoms with E-state index in [-0.39, 0.29) is 0 Å². The molecule has 0 aliphatic carbocycles. The molecule has 3 aromatic heterocycles. The van der Waals surface area contributed by atoms with Crippen molar-refractivity contribution in [2.45, 2.75) is 44.4 Å². The van der Waals surface area contributed by atoms with Gasteiger partial charge in [-0.05, 0) is 300 Å². The van der Waals surface area contributed by atoms with Gasteiger partial charge in [-0.25, -0.2) is 0 Å². The van der Waals surface area contributed by atoms with E-state index in [9.17, 15) is 0 Å². The molecule has 0 fully saturated rings. The Morgan fingerprint density at radius 2 is 0.324 bits per heavy atom. The van der Waals surface area contributed by atoms with Crippen molar-refractivity contribution in [1.82, 2.24) is 0 Å².